The third kappa shape index (κ3) is 2.99. The van der Waals surface area contributed by atoms with Gasteiger partial charge in [0.15, 0.2) is 0 Å². The molecule has 1 saturated heterocycles. The predicted molar refractivity (Wildman–Crippen MR) is 114 cm³/mol. The lowest BCUT2D eigenvalue weighted by atomic mass is 10.1. The summed E-state index contributed by atoms with van der Waals surface area (Å²) in [6.07, 6.45) is 3.29. The van der Waals surface area contributed by atoms with Crippen LogP contribution < -0.4 is 9.64 Å². The first-order valence-electron chi connectivity index (χ1n) is 9.84. The fraction of sp³-hybridized carbons (Fsp3) is 0.286. The van der Waals surface area contributed by atoms with E-state index in [0.717, 1.165) is 48.5 Å². The Morgan fingerprint density at radius 3 is 2.70 bits per heavy atom. The van der Waals surface area contributed by atoms with Crippen LogP contribution in [0.4, 0.5) is 10.1 Å². The maximum Gasteiger partial charge on any atom is 0.223 e. The zero-order chi connectivity index (χ0) is 20.7. The number of anilines is 1. The molecule has 9 heteroatoms. The number of aromatic amines is 1. The van der Waals surface area contributed by atoms with Crippen molar-refractivity contribution in [2.24, 2.45) is 0 Å². The van der Waals surface area contributed by atoms with Crippen LogP contribution in [-0.4, -0.2) is 45.4 Å². The van der Waals surface area contributed by atoms with Crippen LogP contribution in [0.3, 0.4) is 0 Å². The molecule has 0 spiro atoms. The number of methoxy groups -OCH3 is 1. The zero-order valence-corrected chi connectivity index (χ0v) is 17.2. The Morgan fingerprint density at radius 1 is 1.13 bits per heavy atom. The van der Waals surface area contributed by atoms with Crippen LogP contribution in [0.5, 0.6) is 5.75 Å². The Morgan fingerprint density at radius 2 is 1.97 bits per heavy atom. The van der Waals surface area contributed by atoms with Gasteiger partial charge in [-0.25, -0.2) is 4.39 Å². The van der Waals surface area contributed by atoms with Crippen molar-refractivity contribution >= 4 is 28.2 Å². The topological polar surface area (TPSA) is 71.9 Å². The van der Waals surface area contributed by atoms with Crippen molar-refractivity contribution in [2.45, 2.75) is 19.3 Å². The molecular weight excluding hydrogens is 407 g/mol. The molecule has 0 radical (unpaired) electrons. The second-order valence-corrected chi connectivity index (χ2v) is 7.65. The van der Waals surface area contributed by atoms with Crippen molar-refractivity contribution in [3.63, 3.8) is 0 Å². The molecule has 4 aromatic rings. The van der Waals surface area contributed by atoms with Crippen molar-refractivity contribution in [1.29, 1.82) is 0 Å². The number of hydrogen-bond acceptors (Lipinski definition) is 5. The van der Waals surface area contributed by atoms with E-state index in [1.807, 2.05) is 28.8 Å². The summed E-state index contributed by atoms with van der Waals surface area (Å²) in [4.78, 5) is 2.25. The first-order valence-corrected chi connectivity index (χ1v) is 10.2. The monoisotopic (exact) mass is 426 g/mol. The van der Waals surface area contributed by atoms with Crippen LogP contribution in [0.25, 0.3) is 28.1 Å². The molecule has 5 rings (SSSR count). The fourth-order valence-electron chi connectivity index (χ4n) is 4.21. The molecular formula is C21H20ClFN6O. The Balaban J connectivity index is 1.91. The third-order valence-corrected chi connectivity index (χ3v) is 5.91. The standard InChI is InChI=1S/C21H20ClFN6O/c1-30-14-7-5-6-13(12-14)29-16-9-8-15(23)18(22)17(16)19(28-10-3-2-4-11-28)20(29)21-24-26-27-25-21/h5-9,12H,2-4,10-11H2,1H3,(H,24,25,26,27). The largest absolute Gasteiger partial charge is 0.497 e. The molecule has 1 N–H and O–H groups in total. The van der Waals surface area contributed by atoms with E-state index >= 15 is 0 Å². The highest BCUT2D eigenvalue weighted by molar-refractivity contribution is 6.37. The molecule has 7 nitrogen and oxygen atoms in total. The Labute approximate surface area is 177 Å². The Kier molecular flexibility index (Phi) is 4.78. The SMILES string of the molecule is COc1cccc(-n2c(-c3nn[nH]n3)c(N3CCCCC3)c3c(Cl)c(F)ccc32)c1. The summed E-state index contributed by atoms with van der Waals surface area (Å²) in [5, 5.41) is 15.6. The molecule has 2 aromatic heterocycles. The van der Waals surface area contributed by atoms with E-state index in [0.29, 0.717) is 17.0 Å². The smallest absolute Gasteiger partial charge is 0.223 e. The summed E-state index contributed by atoms with van der Waals surface area (Å²) in [5.74, 6) is 0.678. The van der Waals surface area contributed by atoms with Crippen molar-refractivity contribution < 1.29 is 9.13 Å². The molecule has 0 atom stereocenters. The number of H-pyrrole nitrogens is 1. The van der Waals surface area contributed by atoms with E-state index in [1.54, 1.807) is 13.2 Å². The van der Waals surface area contributed by atoms with Gasteiger partial charge in [0, 0.05) is 24.5 Å². The average molecular weight is 427 g/mol. The summed E-state index contributed by atoms with van der Waals surface area (Å²) < 4.78 is 22.0. The molecule has 3 heterocycles. The van der Waals surface area contributed by atoms with Crippen LogP contribution in [0.2, 0.25) is 5.02 Å². The lowest BCUT2D eigenvalue weighted by Crippen LogP contribution is -2.29. The number of nitrogens with one attached hydrogen (secondary N) is 1. The third-order valence-electron chi connectivity index (χ3n) is 5.54. The first kappa shape index (κ1) is 18.9. The van der Waals surface area contributed by atoms with Gasteiger partial charge in [-0.05, 0) is 48.7 Å². The van der Waals surface area contributed by atoms with Crippen LogP contribution in [-0.2, 0) is 0 Å². The molecule has 154 valence electrons. The molecule has 30 heavy (non-hydrogen) atoms. The molecule has 0 bridgehead atoms. The molecule has 0 saturated carbocycles. The minimum Gasteiger partial charge on any atom is -0.497 e. The highest BCUT2D eigenvalue weighted by atomic mass is 35.5. The minimum absolute atomic E-state index is 0.0967. The van der Waals surface area contributed by atoms with Gasteiger partial charge in [0.1, 0.15) is 17.3 Å². The number of ether oxygens (including phenoxy) is 1. The molecule has 0 unspecified atom stereocenters. The summed E-state index contributed by atoms with van der Waals surface area (Å²) in [6.45, 7) is 1.71. The van der Waals surface area contributed by atoms with Gasteiger partial charge in [0.25, 0.3) is 0 Å². The molecule has 0 amide bonds. The van der Waals surface area contributed by atoms with Gasteiger partial charge in [0.2, 0.25) is 5.82 Å². The van der Waals surface area contributed by atoms with Crippen LogP contribution >= 0.6 is 11.6 Å². The molecule has 2 aromatic carbocycles. The van der Waals surface area contributed by atoms with Gasteiger partial charge in [-0.2, -0.15) is 5.21 Å². The highest BCUT2D eigenvalue weighted by Crippen LogP contribution is 2.45. The normalized spacial score (nSPS) is 14.4. The lowest BCUT2D eigenvalue weighted by Gasteiger charge is -2.29. The quantitative estimate of drug-likeness (QED) is 0.516. The van der Waals surface area contributed by atoms with E-state index in [-0.39, 0.29) is 5.02 Å². The van der Waals surface area contributed by atoms with Crippen molar-refractivity contribution in [1.82, 2.24) is 25.2 Å². The predicted octanol–water partition coefficient (Wildman–Crippen LogP) is 4.60. The number of fused-ring (bicyclic) bond motifs is 1. The minimum atomic E-state index is -0.454. The van der Waals surface area contributed by atoms with E-state index in [2.05, 4.69) is 25.5 Å². The number of piperidine rings is 1. The number of hydrogen-bond donors (Lipinski definition) is 1. The molecule has 0 aliphatic carbocycles. The number of tetrazole rings is 1. The summed E-state index contributed by atoms with van der Waals surface area (Å²) in [7, 11) is 1.62. The maximum atomic E-state index is 14.6. The van der Waals surface area contributed by atoms with Gasteiger partial charge < -0.3 is 14.2 Å². The second kappa shape index (κ2) is 7.60. The summed E-state index contributed by atoms with van der Waals surface area (Å²) >= 11 is 6.54. The van der Waals surface area contributed by atoms with Gasteiger partial charge in [-0.3, -0.25) is 0 Å². The van der Waals surface area contributed by atoms with Crippen molar-refractivity contribution in [3.8, 4) is 23.0 Å². The average Bonchev–Trinajstić information content (AvgIpc) is 3.43. The van der Waals surface area contributed by atoms with E-state index in [9.17, 15) is 4.39 Å². The van der Waals surface area contributed by atoms with Crippen molar-refractivity contribution in [3.05, 3.63) is 47.2 Å². The number of aromatic nitrogens is 5. The van der Waals surface area contributed by atoms with Crippen LogP contribution in [0.15, 0.2) is 36.4 Å². The summed E-state index contributed by atoms with van der Waals surface area (Å²) in [5.41, 5.74) is 3.17. The highest BCUT2D eigenvalue weighted by Gasteiger charge is 2.29. The second-order valence-electron chi connectivity index (χ2n) is 7.27. The molecule has 1 aliphatic heterocycles. The van der Waals surface area contributed by atoms with Gasteiger partial charge in [-0.1, -0.05) is 17.7 Å². The van der Waals surface area contributed by atoms with Crippen LogP contribution in [0, 0.1) is 5.82 Å². The van der Waals surface area contributed by atoms with E-state index in [1.165, 1.54) is 12.5 Å². The summed E-state index contributed by atoms with van der Waals surface area (Å²) in [6, 6.07) is 10.8. The lowest BCUT2D eigenvalue weighted by molar-refractivity contribution is 0.414. The number of halogens is 2. The maximum absolute atomic E-state index is 14.6. The molecule has 1 aliphatic rings. The van der Waals surface area contributed by atoms with Gasteiger partial charge in [0.05, 0.1) is 29.0 Å². The number of rotatable bonds is 4. The number of nitrogens with zero attached hydrogens (tertiary/aromatic N) is 5. The fourth-order valence-corrected chi connectivity index (χ4v) is 4.46. The van der Waals surface area contributed by atoms with E-state index in [4.69, 9.17) is 16.3 Å². The zero-order valence-electron chi connectivity index (χ0n) is 16.4. The van der Waals surface area contributed by atoms with Gasteiger partial charge in [-0.15, -0.1) is 10.2 Å². The molecule has 1 fully saturated rings. The first-order chi connectivity index (χ1) is 14.7. The van der Waals surface area contributed by atoms with Gasteiger partial charge >= 0.3 is 0 Å². The van der Waals surface area contributed by atoms with Crippen molar-refractivity contribution in [2.75, 3.05) is 25.1 Å². The Hall–Kier alpha value is -3.13. The van der Waals surface area contributed by atoms with E-state index < -0.39 is 5.82 Å². The van der Waals surface area contributed by atoms with Crippen LogP contribution in [0.1, 0.15) is 19.3 Å². The Bertz CT molecular complexity index is 1200. The number of benzene rings is 2.